The van der Waals surface area contributed by atoms with Crippen molar-refractivity contribution >= 4 is 23.6 Å². The average molecular weight is 300 g/mol. The first-order valence-electron chi connectivity index (χ1n) is 6.66. The molecule has 1 aromatic carbocycles. The lowest BCUT2D eigenvalue weighted by atomic mass is 10.0. The van der Waals surface area contributed by atoms with E-state index in [1.807, 2.05) is 0 Å². The van der Waals surface area contributed by atoms with E-state index in [9.17, 15) is 19.2 Å². The fourth-order valence-electron chi connectivity index (χ4n) is 2.67. The third kappa shape index (κ3) is 1.98. The van der Waals surface area contributed by atoms with Crippen LogP contribution in [0, 0.1) is 0 Å². The second-order valence-corrected chi connectivity index (χ2v) is 4.91. The molecule has 1 atom stereocenters. The number of ether oxygens (including phenoxy) is 1. The van der Waals surface area contributed by atoms with Crippen LogP contribution in [0.4, 0.5) is 0 Å². The molecule has 7 heteroatoms. The van der Waals surface area contributed by atoms with Gasteiger partial charge in [0.25, 0.3) is 11.8 Å². The van der Waals surface area contributed by atoms with Crippen LogP contribution in [-0.4, -0.2) is 34.6 Å². The molecule has 1 saturated heterocycles. The molecule has 2 aliphatic rings. The maximum atomic E-state index is 12.6. The van der Waals surface area contributed by atoms with Gasteiger partial charge in [0, 0.05) is 6.42 Å². The zero-order chi connectivity index (χ0) is 15.9. The Balaban J connectivity index is 2.00. The summed E-state index contributed by atoms with van der Waals surface area (Å²) in [6.07, 6.45) is 1.36. The van der Waals surface area contributed by atoms with Gasteiger partial charge in [-0.15, -0.1) is 0 Å². The summed E-state index contributed by atoms with van der Waals surface area (Å²) < 4.78 is 5.16. The van der Waals surface area contributed by atoms with Crippen LogP contribution in [0.15, 0.2) is 31.0 Å². The maximum absolute atomic E-state index is 12.6. The van der Waals surface area contributed by atoms with E-state index in [1.54, 1.807) is 12.1 Å². The zero-order valence-corrected chi connectivity index (χ0v) is 11.5. The van der Waals surface area contributed by atoms with Gasteiger partial charge in [-0.3, -0.25) is 29.4 Å². The summed E-state index contributed by atoms with van der Waals surface area (Å²) in [5, 5.41) is 2.14. The van der Waals surface area contributed by atoms with Crippen molar-refractivity contribution in [3.63, 3.8) is 0 Å². The number of hydrogen-bond donors (Lipinski definition) is 1. The van der Waals surface area contributed by atoms with Gasteiger partial charge in [0.1, 0.15) is 11.8 Å². The van der Waals surface area contributed by atoms with Crippen LogP contribution in [0.1, 0.15) is 33.6 Å². The lowest BCUT2D eigenvalue weighted by molar-refractivity contribution is -0.136. The van der Waals surface area contributed by atoms with Gasteiger partial charge < -0.3 is 4.74 Å². The molecule has 1 N–H and O–H groups in total. The monoisotopic (exact) mass is 300 g/mol. The van der Waals surface area contributed by atoms with E-state index < -0.39 is 29.7 Å². The van der Waals surface area contributed by atoms with Crippen molar-refractivity contribution < 1.29 is 23.9 Å². The maximum Gasteiger partial charge on any atom is 0.266 e. The fourth-order valence-corrected chi connectivity index (χ4v) is 2.67. The standard InChI is InChI=1S/C15H12N2O5/c1-2-22-10-5-3-4-8-12(10)15(21)17(14(8)20)9-6-7-11(18)16-13(9)19/h2-5,9H,1,6-7H2,(H,16,18,19). The molecule has 0 radical (unpaired) electrons. The SMILES string of the molecule is C=COc1cccc2c1C(=O)N(C1CCC(=O)NC1=O)C2=O. The number of piperidine rings is 1. The minimum absolute atomic E-state index is 0.0832. The fraction of sp³-hybridized carbons (Fsp3) is 0.200. The number of carbonyl (C=O) groups excluding carboxylic acids is 4. The second kappa shape index (κ2) is 5.10. The Hall–Kier alpha value is -2.96. The summed E-state index contributed by atoms with van der Waals surface area (Å²) in [7, 11) is 0. The molecule has 0 spiro atoms. The lowest BCUT2D eigenvalue weighted by Crippen LogP contribution is -2.54. The Labute approximate surface area is 125 Å². The predicted octanol–water partition coefficient (Wildman–Crippen LogP) is 0.610. The van der Waals surface area contributed by atoms with Crippen molar-refractivity contribution in [2.45, 2.75) is 18.9 Å². The summed E-state index contributed by atoms with van der Waals surface area (Å²) in [6.45, 7) is 3.42. The number of hydrogen-bond acceptors (Lipinski definition) is 5. The summed E-state index contributed by atoms with van der Waals surface area (Å²) in [5.41, 5.74) is 0.283. The predicted molar refractivity (Wildman–Crippen MR) is 73.9 cm³/mol. The molecule has 2 heterocycles. The van der Waals surface area contributed by atoms with Gasteiger partial charge in [-0.1, -0.05) is 12.6 Å². The lowest BCUT2D eigenvalue weighted by Gasteiger charge is -2.27. The third-order valence-corrected chi connectivity index (χ3v) is 3.64. The quantitative estimate of drug-likeness (QED) is 0.652. The van der Waals surface area contributed by atoms with Gasteiger partial charge in [0.05, 0.1) is 17.4 Å². The van der Waals surface area contributed by atoms with Crippen LogP contribution < -0.4 is 10.1 Å². The van der Waals surface area contributed by atoms with Crippen LogP contribution in [0.3, 0.4) is 0 Å². The van der Waals surface area contributed by atoms with E-state index in [1.165, 1.54) is 6.07 Å². The third-order valence-electron chi connectivity index (χ3n) is 3.64. The number of amides is 4. The van der Waals surface area contributed by atoms with Gasteiger partial charge in [0.15, 0.2) is 0 Å². The van der Waals surface area contributed by atoms with Crippen molar-refractivity contribution in [3.05, 3.63) is 42.2 Å². The summed E-state index contributed by atoms with van der Waals surface area (Å²) in [6, 6.07) is 3.63. The number of rotatable bonds is 3. The molecule has 0 aromatic heterocycles. The first kappa shape index (κ1) is 14.0. The largest absolute Gasteiger partial charge is 0.465 e. The molecule has 1 fully saturated rings. The van der Waals surface area contributed by atoms with Crippen LogP contribution in [0.2, 0.25) is 0 Å². The van der Waals surface area contributed by atoms with Crippen LogP contribution in [0.25, 0.3) is 0 Å². The highest BCUT2D eigenvalue weighted by Crippen LogP contribution is 2.33. The molecule has 1 aromatic rings. The van der Waals surface area contributed by atoms with E-state index in [4.69, 9.17) is 4.74 Å². The number of fused-ring (bicyclic) bond motifs is 1. The Morgan fingerprint density at radius 2 is 2.00 bits per heavy atom. The van der Waals surface area contributed by atoms with E-state index in [2.05, 4.69) is 11.9 Å². The van der Waals surface area contributed by atoms with Gasteiger partial charge in [-0.05, 0) is 18.6 Å². The normalized spacial score (nSPS) is 20.7. The van der Waals surface area contributed by atoms with E-state index in [0.29, 0.717) is 0 Å². The molecule has 22 heavy (non-hydrogen) atoms. The summed E-state index contributed by atoms with van der Waals surface area (Å²) in [5.74, 6) is -2.01. The Morgan fingerprint density at radius 1 is 1.23 bits per heavy atom. The van der Waals surface area contributed by atoms with E-state index in [-0.39, 0.29) is 29.7 Å². The van der Waals surface area contributed by atoms with Crippen LogP contribution >= 0.6 is 0 Å². The highest BCUT2D eigenvalue weighted by atomic mass is 16.5. The average Bonchev–Trinajstić information content (AvgIpc) is 2.73. The molecular formula is C15H12N2O5. The van der Waals surface area contributed by atoms with Crippen LogP contribution in [0.5, 0.6) is 5.75 Å². The van der Waals surface area contributed by atoms with E-state index in [0.717, 1.165) is 11.2 Å². The number of benzene rings is 1. The Bertz CT molecular complexity index is 725. The smallest absolute Gasteiger partial charge is 0.266 e. The van der Waals surface area contributed by atoms with Gasteiger partial charge in [-0.25, -0.2) is 0 Å². The second-order valence-electron chi connectivity index (χ2n) is 4.91. The molecule has 0 aliphatic carbocycles. The van der Waals surface area contributed by atoms with E-state index >= 15 is 0 Å². The van der Waals surface area contributed by atoms with Crippen molar-refractivity contribution in [1.82, 2.24) is 10.2 Å². The van der Waals surface area contributed by atoms with Gasteiger partial charge in [0.2, 0.25) is 11.8 Å². The minimum Gasteiger partial charge on any atom is -0.465 e. The van der Waals surface area contributed by atoms with Gasteiger partial charge >= 0.3 is 0 Å². The summed E-state index contributed by atoms with van der Waals surface area (Å²) >= 11 is 0. The molecule has 0 bridgehead atoms. The number of nitrogens with one attached hydrogen (secondary N) is 1. The van der Waals surface area contributed by atoms with Crippen molar-refractivity contribution in [3.8, 4) is 5.75 Å². The highest BCUT2D eigenvalue weighted by molar-refractivity contribution is 6.24. The molecule has 2 aliphatic heterocycles. The van der Waals surface area contributed by atoms with Gasteiger partial charge in [-0.2, -0.15) is 0 Å². The highest BCUT2D eigenvalue weighted by Gasteiger charge is 2.45. The Morgan fingerprint density at radius 3 is 2.68 bits per heavy atom. The molecule has 3 rings (SSSR count). The molecule has 0 saturated carbocycles. The topological polar surface area (TPSA) is 92.8 Å². The molecule has 1 unspecified atom stereocenters. The Kier molecular flexibility index (Phi) is 3.25. The molecule has 112 valence electrons. The van der Waals surface area contributed by atoms with Crippen molar-refractivity contribution in [1.29, 1.82) is 0 Å². The van der Waals surface area contributed by atoms with Crippen molar-refractivity contribution in [2.24, 2.45) is 0 Å². The number of imide groups is 2. The zero-order valence-electron chi connectivity index (χ0n) is 11.5. The number of carbonyl (C=O) groups is 4. The number of nitrogens with zero attached hydrogens (tertiary/aromatic N) is 1. The van der Waals surface area contributed by atoms with Crippen LogP contribution in [-0.2, 0) is 9.59 Å². The molecule has 7 nitrogen and oxygen atoms in total. The first-order chi connectivity index (χ1) is 10.5. The molecule has 4 amide bonds. The summed E-state index contributed by atoms with van der Waals surface area (Å²) in [4.78, 5) is 49.0. The first-order valence-corrected chi connectivity index (χ1v) is 6.66. The molecular weight excluding hydrogens is 288 g/mol. The van der Waals surface area contributed by atoms with Crippen molar-refractivity contribution in [2.75, 3.05) is 0 Å². The minimum atomic E-state index is -0.985.